The van der Waals surface area contributed by atoms with E-state index in [2.05, 4.69) is 30.8 Å². The van der Waals surface area contributed by atoms with Gasteiger partial charge >= 0.3 is 0 Å². The molecule has 1 aromatic carbocycles. The molecule has 0 aliphatic rings. The molecule has 0 aliphatic carbocycles. The second-order valence-corrected chi connectivity index (χ2v) is 5.77. The average molecular weight is 466 g/mol. The molecule has 0 saturated carbocycles. The molecule has 0 spiro atoms. The lowest BCUT2D eigenvalue weighted by Crippen LogP contribution is -2.14. The zero-order valence-corrected chi connectivity index (χ0v) is 16.9. The first-order valence-corrected chi connectivity index (χ1v) is 7.82. The van der Waals surface area contributed by atoms with E-state index in [-0.39, 0.29) is 52.7 Å². The van der Waals surface area contributed by atoms with E-state index in [4.69, 9.17) is 11.6 Å². The fourth-order valence-electron chi connectivity index (χ4n) is 2.02. The molecule has 3 rings (SSSR count). The second-order valence-electron chi connectivity index (χ2n) is 5.36. The molecule has 0 aliphatic heterocycles. The first-order valence-electron chi connectivity index (χ1n) is 7.45. The molecule has 8 nitrogen and oxygen atoms in total. The van der Waals surface area contributed by atoms with Crippen LogP contribution in [0.1, 0.15) is 26.5 Å². The number of amides is 2. The third-order valence-electron chi connectivity index (χ3n) is 3.34. The van der Waals surface area contributed by atoms with Crippen LogP contribution in [0.2, 0.25) is 5.02 Å². The Morgan fingerprint density at radius 3 is 2.28 bits per heavy atom. The first kappa shape index (κ1) is 24.2. The highest BCUT2D eigenvalue weighted by Crippen LogP contribution is 2.21. The van der Waals surface area contributed by atoms with Gasteiger partial charge in [-0.05, 0) is 19.1 Å². The highest BCUT2D eigenvalue weighted by atomic mass is 35.5. The summed E-state index contributed by atoms with van der Waals surface area (Å²) in [7, 11) is 0. The number of benzene rings is 1. The van der Waals surface area contributed by atoms with Gasteiger partial charge in [0.25, 0.3) is 11.8 Å². The van der Waals surface area contributed by atoms with Crippen LogP contribution in [0.5, 0.6) is 0 Å². The number of nitrogens with zero attached hydrogens (tertiary/aromatic N) is 3. The number of rotatable bonds is 4. The van der Waals surface area contributed by atoms with Gasteiger partial charge in [0.2, 0.25) is 0 Å². The fourth-order valence-corrected chi connectivity index (χ4v) is 2.26. The molecule has 2 heterocycles. The minimum absolute atomic E-state index is 0. The van der Waals surface area contributed by atoms with Crippen molar-refractivity contribution >= 4 is 59.9 Å². The van der Waals surface area contributed by atoms with Crippen molar-refractivity contribution in [2.45, 2.75) is 6.92 Å². The van der Waals surface area contributed by atoms with Crippen LogP contribution in [0.15, 0.2) is 30.6 Å². The SMILES string of the molecule is Cc1cnc(NC(=O)c2cc(NC(=O)c3cc(F)c(F)cc3Cl)n[nH]2)cn1.Cl.Cl. The smallest absolute Gasteiger partial charge is 0.274 e. The number of anilines is 2. The molecule has 0 bridgehead atoms. The third kappa shape index (κ3) is 5.83. The summed E-state index contributed by atoms with van der Waals surface area (Å²) in [5, 5.41) is 10.8. The summed E-state index contributed by atoms with van der Waals surface area (Å²) in [6.45, 7) is 1.75. The van der Waals surface area contributed by atoms with Crippen LogP contribution in [0.25, 0.3) is 0 Å². The largest absolute Gasteiger partial charge is 0.305 e. The van der Waals surface area contributed by atoms with E-state index in [9.17, 15) is 18.4 Å². The topological polar surface area (TPSA) is 113 Å². The van der Waals surface area contributed by atoms with Gasteiger partial charge in [-0.25, -0.2) is 13.8 Å². The zero-order valence-electron chi connectivity index (χ0n) is 14.5. The summed E-state index contributed by atoms with van der Waals surface area (Å²) in [5.74, 6) is -3.55. The third-order valence-corrected chi connectivity index (χ3v) is 3.65. The Hall–Kier alpha value is -2.82. The van der Waals surface area contributed by atoms with E-state index in [1.54, 1.807) is 6.92 Å². The van der Waals surface area contributed by atoms with E-state index in [1.165, 1.54) is 18.5 Å². The number of hydrogen-bond acceptors (Lipinski definition) is 5. The number of aromatic nitrogens is 4. The number of carbonyl (C=O) groups excluding carboxylic acids is 2. The molecule has 2 aromatic heterocycles. The van der Waals surface area contributed by atoms with Crippen LogP contribution in [0, 0.1) is 18.6 Å². The van der Waals surface area contributed by atoms with Crippen molar-refractivity contribution in [1.82, 2.24) is 20.2 Å². The van der Waals surface area contributed by atoms with Crippen molar-refractivity contribution in [2.24, 2.45) is 0 Å². The monoisotopic (exact) mass is 464 g/mol. The Bertz CT molecular complexity index is 1030. The predicted molar refractivity (Wildman–Crippen MR) is 107 cm³/mol. The van der Waals surface area contributed by atoms with Crippen LogP contribution in [-0.4, -0.2) is 32.0 Å². The molecule has 0 atom stereocenters. The number of carbonyl (C=O) groups is 2. The van der Waals surface area contributed by atoms with Gasteiger partial charge in [0.15, 0.2) is 23.3 Å². The van der Waals surface area contributed by atoms with Gasteiger partial charge in [0.05, 0.1) is 28.7 Å². The molecular formula is C16H13Cl3F2N6O2. The summed E-state index contributed by atoms with van der Waals surface area (Å²) in [4.78, 5) is 32.3. The summed E-state index contributed by atoms with van der Waals surface area (Å²) in [6, 6.07) is 2.61. The maximum absolute atomic E-state index is 13.3. The molecule has 2 amide bonds. The summed E-state index contributed by atoms with van der Waals surface area (Å²) >= 11 is 5.75. The Morgan fingerprint density at radius 2 is 1.62 bits per heavy atom. The van der Waals surface area contributed by atoms with Gasteiger partial charge in [-0.3, -0.25) is 19.7 Å². The Balaban J connectivity index is 0.00000210. The van der Waals surface area contributed by atoms with Crippen molar-refractivity contribution in [3.63, 3.8) is 0 Å². The van der Waals surface area contributed by atoms with Crippen molar-refractivity contribution in [2.75, 3.05) is 10.6 Å². The molecule has 0 fully saturated rings. The van der Waals surface area contributed by atoms with E-state index >= 15 is 0 Å². The van der Waals surface area contributed by atoms with Crippen LogP contribution in [0.4, 0.5) is 20.4 Å². The zero-order chi connectivity index (χ0) is 19.6. The molecular weight excluding hydrogens is 453 g/mol. The number of aryl methyl sites for hydroxylation is 1. The molecule has 0 unspecified atom stereocenters. The Kier molecular flexibility index (Phi) is 8.43. The maximum atomic E-state index is 13.3. The summed E-state index contributed by atoms with van der Waals surface area (Å²) in [5.41, 5.74) is 0.444. The van der Waals surface area contributed by atoms with Crippen LogP contribution in [0.3, 0.4) is 0 Å². The molecule has 0 radical (unpaired) electrons. The lowest BCUT2D eigenvalue weighted by Gasteiger charge is -2.05. The Labute approximate surface area is 180 Å². The minimum Gasteiger partial charge on any atom is -0.305 e. The number of aromatic amines is 1. The Morgan fingerprint density at radius 1 is 0.966 bits per heavy atom. The number of H-pyrrole nitrogens is 1. The average Bonchev–Trinajstić information content (AvgIpc) is 3.08. The van der Waals surface area contributed by atoms with Gasteiger partial charge in [-0.1, -0.05) is 11.6 Å². The lowest BCUT2D eigenvalue weighted by molar-refractivity contribution is 0.101. The normalized spacial score (nSPS) is 9.79. The van der Waals surface area contributed by atoms with Gasteiger partial charge in [-0.15, -0.1) is 24.8 Å². The van der Waals surface area contributed by atoms with Gasteiger partial charge in [0.1, 0.15) is 5.69 Å². The van der Waals surface area contributed by atoms with E-state index in [1.807, 2.05) is 0 Å². The molecule has 3 aromatic rings. The van der Waals surface area contributed by atoms with Crippen LogP contribution in [-0.2, 0) is 0 Å². The quantitative estimate of drug-likeness (QED) is 0.508. The molecule has 3 N–H and O–H groups in total. The summed E-state index contributed by atoms with van der Waals surface area (Å²) in [6.07, 6.45) is 2.87. The van der Waals surface area contributed by atoms with Crippen molar-refractivity contribution < 1.29 is 18.4 Å². The van der Waals surface area contributed by atoms with Crippen molar-refractivity contribution in [3.05, 3.63) is 64.2 Å². The van der Waals surface area contributed by atoms with E-state index < -0.39 is 23.4 Å². The molecule has 29 heavy (non-hydrogen) atoms. The standard InChI is InChI=1S/C16H11ClF2N6O2.2ClH/c1-7-5-21-14(6-20-7)23-16(27)12-4-13(25-24-12)22-15(26)8-2-10(18)11(19)3-9(8)17;;/h2-6H,1H3,(H,21,23,27)(H2,22,24,25,26);2*1H. The van der Waals surface area contributed by atoms with E-state index in [0.29, 0.717) is 17.8 Å². The lowest BCUT2D eigenvalue weighted by atomic mass is 10.2. The van der Waals surface area contributed by atoms with Gasteiger partial charge < -0.3 is 10.6 Å². The van der Waals surface area contributed by atoms with E-state index in [0.717, 1.165) is 0 Å². The number of halogens is 5. The van der Waals surface area contributed by atoms with Crippen molar-refractivity contribution in [3.8, 4) is 0 Å². The summed E-state index contributed by atoms with van der Waals surface area (Å²) < 4.78 is 26.4. The highest BCUT2D eigenvalue weighted by molar-refractivity contribution is 6.34. The number of hydrogen-bond donors (Lipinski definition) is 3. The van der Waals surface area contributed by atoms with Gasteiger partial charge in [-0.2, -0.15) is 5.10 Å². The molecule has 13 heteroatoms. The van der Waals surface area contributed by atoms with Crippen LogP contribution >= 0.6 is 36.4 Å². The molecule has 0 saturated heterocycles. The minimum atomic E-state index is -1.22. The highest BCUT2D eigenvalue weighted by Gasteiger charge is 2.17. The predicted octanol–water partition coefficient (Wildman–Crippen LogP) is 3.79. The maximum Gasteiger partial charge on any atom is 0.274 e. The fraction of sp³-hybridized carbons (Fsp3) is 0.0625. The van der Waals surface area contributed by atoms with Gasteiger partial charge in [0, 0.05) is 6.07 Å². The van der Waals surface area contributed by atoms with Crippen molar-refractivity contribution in [1.29, 1.82) is 0 Å². The number of nitrogens with one attached hydrogen (secondary N) is 3. The molecule has 154 valence electrons. The van der Waals surface area contributed by atoms with Crippen LogP contribution < -0.4 is 10.6 Å². The second kappa shape index (κ2) is 10.1. The first-order chi connectivity index (χ1) is 12.8.